The van der Waals surface area contributed by atoms with E-state index < -0.39 is 0 Å². The van der Waals surface area contributed by atoms with E-state index in [2.05, 4.69) is 24.4 Å². The van der Waals surface area contributed by atoms with E-state index in [0.717, 1.165) is 12.0 Å². The van der Waals surface area contributed by atoms with E-state index in [1.54, 1.807) is 11.3 Å². The summed E-state index contributed by atoms with van der Waals surface area (Å²) in [4.78, 5) is 12.0. The minimum absolute atomic E-state index is 0.302. The lowest BCUT2D eigenvalue weighted by Gasteiger charge is -2.10. The van der Waals surface area contributed by atoms with Gasteiger partial charge in [0.2, 0.25) is 0 Å². The quantitative estimate of drug-likeness (QED) is 0.866. The van der Waals surface area contributed by atoms with E-state index in [4.69, 9.17) is 5.73 Å². The highest BCUT2D eigenvalue weighted by Crippen LogP contribution is 2.26. The molecule has 0 bridgehead atoms. The topological polar surface area (TPSA) is 43.1 Å². The molecule has 2 nitrogen and oxygen atoms in total. The van der Waals surface area contributed by atoms with Gasteiger partial charge in [-0.25, -0.2) is 0 Å². The molecule has 2 rings (SSSR count). The van der Waals surface area contributed by atoms with Gasteiger partial charge in [0.05, 0.1) is 0 Å². The van der Waals surface area contributed by atoms with E-state index in [9.17, 15) is 4.79 Å². The van der Waals surface area contributed by atoms with Crippen LogP contribution in [0.15, 0.2) is 29.6 Å². The zero-order valence-corrected chi connectivity index (χ0v) is 11.5. The molecule has 0 saturated carbocycles. The van der Waals surface area contributed by atoms with Gasteiger partial charge in [-0.3, -0.25) is 4.79 Å². The summed E-state index contributed by atoms with van der Waals surface area (Å²) >= 11 is 1.71. The molecule has 3 heteroatoms. The molecule has 2 aromatic rings. The number of ketones is 1. The number of carbonyl (C=O) groups excluding carboxylic acids is 1. The minimum Gasteiger partial charge on any atom is -0.330 e. The predicted octanol–water partition coefficient (Wildman–Crippen LogP) is 3.39. The average molecular weight is 261 g/mol. The number of benzene rings is 1. The number of fused-ring (bicyclic) bond motifs is 1. The molecule has 0 spiro atoms. The Kier molecular flexibility index (Phi) is 4.50. The second-order valence-corrected chi connectivity index (χ2v) is 5.60. The summed E-state index contributed by atoms with van der Waals surface area (Å²) in [6.07, 6.45) is 2.13. The Bertz CT molecular complexity index is 528. The van der Waals surface area contributed by atoms with Crippen LogP contribution < -0.4 is 5.73 Å². The number of carbonyl (C=O) groups is 1. The first-order valence-electron chi connectivity index (χ1n) is 6.41. The summed E-state index contributed by atoms with van der Waals surface area (Å²) in [5, 5.41) is 3.32. The smallest absolute Gasteiger partial charge is 0.137 e. The van der Waals surface area contributed by atoms with Crippen molar-refractivity contribution in [3.63, 3.8) is 0 Å². The molecular formula is C15H19NOS. The summed E-state index contributed by atoms with van der Waals surface area (Å²) < 4.78 is 1.26. The maximum atomic E-state index is 12.0. The molecular weight excluding hydrogens is 242 g/mol. The van der Waals surface area contributed by atoms with Crippen molar-refractivity contribution in [2.24, 2.45) is 11.7 Å². The normalized spacial score (nSPS) is 12.8. The Labute approximate surface area is 112 Å². The van der Waals surface area contributed by atoms with Gasteiger partial charge in [0.15, 0.2) is 0 Å². The van der Waals surface area contributed by atoms with Crippen LogP contribution in [0.3, 0.4) is 0 Å². The van der Waals surface area contributed by atoms with Gasteiger partial charge in [0.1, 0.15) is 5.78 Å². The molecule has 96 valence electrons. The van der Waals surface area contributed by atoms with Crippen molar-refractivity contribution < 1.29 is 4.79 Å². The standard InChI is InChI=1S/C15H19NOS/c1-2-11(9-16)7-13(17)8-12-10-18-15-6-4-3-5-14(12)15/h3-6,10-11H,2,7-9,16H2,1H3. The highest BCUT2D eigenvalue weighted by atomic mass is 32.1. The molecule has 0 amide bonds. The molecule has 0 radical (unpaired) electrons. The van der Waals surface area contributed by atoms with Gasteiger partial charge >= 0.3 is 0 Å². The van der Waals surface area contributed by atoms with Crippen LogP contribution in [0.5, 0.6) is 0 Å². The molecule has 18 heavy (non-hydrogen) atoms. The second-order valence-electron chi connectivity index (χ2n) is 4.69. The van der Waals surface area contributed by atoms with Gasteiger partial charge in [0, 0.05) is 17.5 Å². The molecule has 0 aliphatic heterocycles. The summed E-state index contributed by atoms with van der Waals surface area (Å²) in [5.41, 5.74) is 6.81. The van der Waals surface area contributed by atoms with E-state index in [0.29, 0.717) is 31.1 Å². The molecule has 1 aromatic carbocycles. The second kappa shape index (κ2) is 6.12. The van der Waals surface area contributed by atoms with Crippen LogP contribution in [-0.4, -0.2) is 12.3 Å². The van der Waals surface area contributed by atoms with Crippen LogP contribution in [0.1, 0.15) is 25.3 Å². The minimum atomic E-state index is 0.302. The van der Waals surface area contributed by atoms with E-state index >= 15 is 0 Å². The third kappa shape index (κ3) is 2.98. The van der Waals surface area contributed by atoms with Crippen molar-refractivity contribution in [3.8, 4) is 0 Å². The van der Waals surface area contributed by atoms with Crippen LogP contribution in [0.4, 0.5) is 0 Å². The predicted molar refractivity (Wildman–Crippen MR) is 78.0 cm³/mol. The number of hydrogen-bond acceptors (Lipinski definition) is 3. The maximum Gasteiger partial charge on any atom is 0.137 e. The first-order valence-corrected chi connectivity index (χ1v) is 7.29. The average Bonchev–Trinajstić information content (AvgIpc) is 2.79. The summed E-state index contributed by atoms with van der Waals surface area (Å²) in [7, 11) is 0. The molecule has 1 heterocycles. The van der Waals surface area contributed by atoms with Crippen LogP contribution in [0, 0.1) is 5.92 Å². The molecule has 1 unspecified atom stereocenters. The maximum absolute atomic E-state index is 12.0. The monoisotopic (exact) mass is 261 g/mol. The highest BCUT2D eigenvalue weighted by molar-refractivity contribution is 7.17. The fraction of sp³-hybridized carbons (Fsp3) is 0.400. The first kappa shape index (κ1) is 13.2. The molecule has 0 aliphatic carbocycles. The Morgan fingerprint density at radius 3 is 2.89 bits per heavy atom. The zero-order chi connectivity index (χ0) is 13.0. The molecule has 0 saturated heterocycles. The van der Waals surface area contributed by atoms with Crippen LogP contribution >= 0.6 is 11.3 Å². The van der Waals surface area contributed by atoms with E-state index in [-0.39, 0.29) is 0 Å². The summed E-state index contributed by atoms with van der Waals surface area (Å²) in [6, 6.07) is 8.25. The summed E-state index contributed by atoms with van der Waals surface area (Å²) in [6.45, 7) is 2.69. The fourth-order valence-corrected chi connectivity index (χ4v) is 3.13. The summed E-state index contributed by atoms with van der Waals surface area (Å²) in [5.74, 6) is 0.637. The van der Waals surface area contributed by atoms with Gasteiger partial charge in [-0.2, -0.15) is 0 Å². The van der Waals surface area contributed by atoms with E-state index in [1.165, 1.54) is 10.1 Å². The largest absolute Gasteiger partial charge is 0.330 e. The first-order chi connectivity index (χ1) is 8.74. The molecule has 2 N–H and O–H groups in total. The van der Waals surface area contributed by atoms with Crippen molar-refractivity contribution in [1.82, 2.24) is 0 Å². The highest BCUT2D eigenvalue weighted by Gasteiger charge is 2.13. The molecule has 0 aliphatic rings. The van der Waals surface area contributed by atoms with Crippen molar-refractivity contribution >= 4 is 27.2 Å². The van der Waals surface area contributed by atoms with Crippen molar-refractivity contribution in [2.75, 3.05) is 6.54 Å². The lowest BCUT2D eigenvalue weighted by Crippen LogP contribution is -2.18. The third-order valence-corrected chi connectivity index (χ3v) is 4.39. The zero-order valence-electron chi connectivity index (χ0n) is 10.7. The van der Waals surface area contributed by atoms with Crippen LogP contribution in [0.2, 0.25) is 0 Å². The van der Waals surface area contributed by atoms with Gasteiger partial charge in [-0.1, -0.05) is 31.5 Å². The fourth-order valence-electron chi connectivity index (χ4n) is 2.17. The van der Waals surface area contributed by atoms with Gasteiger partial charge in [-0.15, -0.1) is 11.3 Å². The number of nitrogens with two attached hydrogens (primary N) is 1. The number of Topliss-reactive ketones (excluding diaryl/α,β-unsaturated/α-hetero) is 1. The number of thiophene rings is 1. The van der Waals surface area contributed by atoms with Crippen molar-refractivity contribution in [3.05, 3.63) is 35.2 Å². The van der Waals surface area contributed by atoms with Gasteiger partial charge in [-0.05, 0) is 34.9 Å². The van der Waals surface area contributed by atoms with Crippen LogP contribution in [-0.2, 0) is 11.2 Å². The Hall–Kier alpha value is -1.19. The SMILES string of the molecule is CCC(CN)CC(=O)Cc1csc2ccccc12. The lowest BCUT2D eigenvalue weighted by molar-refractivity contribution is -0.119. The lowest BCUT2D eigenvalue weighted by atomic mass is 9.96. The van der Waals surface area contributed by atoms with Crippen LogP contribution in [0.25, 0.3) is 10.1 Å². The Morgan fingerprint density at radius 1 is 1.39 bits per heavy atom. The number of rotatable bonds is 6. The van der Waals surface area contributed by atoms with Gasteiger partial charge < -0.3 is 5.73 Å². The Balaban J connectivity index is 2.07. The Morgan fingerprint density at radius 2 is 2.17 bits per heavy atom. The molecule has 0 fully saturated rings. The van der Waals surface area contributed by atoms with Crippen molar-refractivity contribution in [1.29, 1.82) is 0 Å². The third-order valence-electron chi connectivity index (χ3n) is 3.38. The van der Waals surface area contributed by atoms with Gasteiger partial charge in [0.25, 0.3) is 0 Å². The molecule has 1 aromatic heterocycles. The molecule has 1 atom stereocenters. The number of hydrogen-bond donors (Lipinski definition) is 1. The van der Waals surface area contributed by atoms with E-state index in [1.807, 2.05) is 12.1 Å². The van der Waals surface area contributed by atoms with Crippen molar-refractivity contribution in [2.45, 2.75) is 26.2 Å².